The van der Waals surface area contributed by atoms with Crippen molar-refractivity contribution in [2.45, 2.75) is 108 Å². The zero-order chi connectivity index (χ0) is 33.1. The molecule has 0 aromatic carbocycles. The lowest BCUT2D eigenvalue weighted by atomic mass is 9.50. The number of pyridine rings is 3. The second kappa shape index (κ2) is 13.9. The average molecular weight is 646 g/mol. The predicted molar refractivity (Wildman–Crippen MR) is 174 cm³/mol. The van der Waals surface area contributed by atoms with Gasteiger partial charge in [-0.25, -0.2) is 9.97 Å². The molecule has 0 saturated heterocycles. The lowest BCUT2D eigenvalue weighted by molar-refractivity contribution is -0.133. The van der Waals surface area contributed by atoms with E-state index in [0.717, 1.165) is 51.4 Å². The van der Waals surface area contributed by atoms with E-state index in [4.69, 9.17) is 0 Å². The number of hydrogen-bond acceptors (Lipinski definition) is 10. The number of amides is 2. The fourth-order valence-corrected chi connectivity index (χ4v) is 7.05. The van der Waals surface area contributed by atoms with E-state index in [2.05, 4.69) is 31.2 Å². The highest BCUT2D eigenvalue weighted by Crippen LogP contribution is 2.56. The van der Waals surface area contributed by atoms with Crippen LogP contribution in [0.15, 0.2) is 47.5 Å². The SMILES string of the molecule is Cc1nc2ncccc2cc1C(=O)N[C@@H](CCC(=O)C(O)NC1CCCCC1)C(O)Nc1cccn(CC(=O)NC23CC(C2)C3)c1=O. The van der Waals surface area contributed by atoms with E-state index in [9.17, 15) is 29.4 Å². The lowest BCUT2D eigenvalue weighted by Gasteiger charge is -2.61. The predicted octanol–water partition coefficient (Wildman–Crippen LogP) is 1.89. The summed E-state index contributed by atoms with van der Waals surface area (Å²) in [6, 6.07) is 7.27. The topological polar surface area (TPSA) is 188 Å². The number of aryl methyl sites for hydroxylation is 1. The van der Waals surface area contributed by atoms with E-state index >= 15 is 0 Å². The number of anilines is 1. The smallest absolute Gasteiger partial charge is 0.274 e. The molecule has 3 heterocycles. The molecule has 0 aliphatic heterocycles. The Labute approximate surface area is 272 Å². The van der Waals surface area contributed by atoms with E-state index in [1.807, 2.05) is 0 Å². The first-order valence-corrected chi connectivity index (χ1v) is 16.5. The summed E-state index contributed by atoms with van der Waals surface area (Å²) in [6.45, 7) is 1.51. The van der Waals surface area contributed by atoms with Crippen LogP contribution in [0.1, 0.15) is 80.3 Å². The summed E-state index contributed by atoms with van der Waals surface area (Å²) < 4.78 is 1.26. The first-order chi connectivity index (χ1) is 22.6. The number of aliphatic hydroxyl groups is 2. The molecule has 3 aromatic heterocycles. The molecule has 2 unspecified atom stereocenters. The van der Waals surface area contributed by atoms with Gasteiger partial charge in [-0.3, -0.25) is 24.5 Å². The van der Waals surface area contributed by atoms with Crippen molar-refractivity contribution in [2.24, 2.45) is 5.92 Å². The Kier molecular flexibility index (Phi) is 9.67. The minimum absolute atomic E-state index is 0.0255. The Bertz CT molecular complexity index is 1690. The summed E-state index contributed by atoms with van der Waals surface area (Å²) in [7, 11) is 0. The van der Waals surface area contributed by atoms with Crippen molar-refractivity contribution in [3.8, 4) is 0 Å². The molecule has 4 aliphatic carbocycles. The minimum Gasteiger partial charge on any atom is -0.372 e. The van der Waals surface area contributed by atoms with Gasteiger partial charge >= 0.3 is 0 Å². The molecule has 6 N–H and O–H groups in total. The summed E-state index contributed by atoms with van der Waals surface area (Å²) in [5.41, 5.74) is 0.580. The highest BCUT2D eigenvalue weighted by atomic mass is 16.3. The van der Waals surface area contributed by atoms with Gasteiger partial charge in [0, 0.05) is 35.8 Å². The van der Waals surface area contributed by atoms with Crippen molar-refractivity contribution in [3.63, 3.8) is 0 Å². The molecule has 250 valence electrons. The number of aliphatic hydroxyl groups excluding tert-OH is 2. The highest BCUT2D eigenvalue weighted by Gasteiger charge is 2.57. The summed E-state index contributed by atoms with van der Waals surface area (Å²) in [6.07, 6.45) is 8.01. The maximum Gasteiger partial charge on any atom is 0.274 e. The lowest BCUT2D eigenvalue weighted by Crippen LogP contribution is -2.68. The molecule has 0 spiro atoms. The quantitative estimate of drug-likeness (QED) is 0.141. The van der Waals surface area contributed by atoms with Crippen LogP contribution in [0.3, 0.4) is 0 Å². The van der Waals surface area contributed by atoms with Crippen molar-refractivity contribution in [3.05, 3.63) is 64.3 Å². The minimum atomic E-state index is -1.50. The Hall–Kier alpha value is -4.20. The largest absolute Gasteiger partial charge is 0.372 e. The number of carbonyl (C=O) groups is 3. The first-order valence-electron chi connectivity index (χ1n) is 16.5. The second-order valence-corrected chi connectivity index (χ2v) is 13.4. The van der Waals surface area contributed by atoms with Crippen LogP contribution in [0.4, 0.5) is 5.69 Å². The van der Waals surface area contributed by atoms with Gasteiger partial charge in [0.25, 0.3) is 11.5 Å². The maximum absolute atomic E-state index is 13.5. The van der Waals surface area contributed by atoms with Gasteiger partial charge in [-0.15, -0.1) is 0 Å². The zero-order valence-electron chi connectivity index (χ0n) is 26.6. The van der Waals surface area contributed by atoms with E-state index in [-0.39, 0.29) is 48.1 Å². The molecule has 13 heteroatoms. The van der Waals surface area contributed by atoms with Crippen LogP contribution in [-0.2, 0) is 16.1 Å². The third-order valence-electron chi connectivity index (χ3n) is 9.81. The zero-order valence-corrected chi connectivity index (χ0v) is 26.6. The van der Waals surface area contributed by atoms with Crippen LogP contribution in [-0.4, -0.2) is 72.4 Å². The Morgan fingerprint density at radius 1 is 1.09 bits per heavy atom. The molecular formula is C34H43N7O6. The Balaban J connectivity index is 1.15. The number of nitrogens with one attached hydrogen (secondary N) is 4. The number of hydrogen-bond donors (Lipinski definition) is 6. The molecule has 4 saturated carbocycles. The molecular weight excluding hydrogens is 602 g/mol. The molecule has 3 atom stereocenters. The number of aromatic nitrogens is 3. The van der Waals surface area contributed by atoms with E-state index in [1.54, 1.807) is 37.4 Å². The van der Waals surface area contributed by atoms with Crippen molar-refractivity contribution < 1.29 is 24.6 Å². The second-order valence-electron chi connectivity index (χ2n) is 13.4. The van der Waals surface area contributed by atoms with E-state index in [0.29, 0.717) is 22.6 Å². The molecule has 7 rings (SSSR count). The molecule has 4 fully saturated rings. The Morgan fingerprint density at radius 3 is 2.57 bits per heavy atom. The Morgan fingerprint density at radius 2 is 1.85 bits per heavy atom. The van der Waals surface area contributed by atoms with Crippen LogP contribution in [0, 0.1) is 12.8 Å². The molecule has 47 heavy (non-hydrogen) atoms. The number of nitrogens with zero attached hydrogens (tertiary/aromatic N) is 3. The summed E-state index contributed by atoms with van der Waals surface area (Å²) in [4.78, 5) is 61.1. The number of Topliss-reactive ketones (excluding diaryl/α,β-unsaturated/α-hetero) is 1. The van der Waals surface area contributed by atoms with Gasteiger partial charge in [0.15, 0.2) is 17.7 Å². The van der Waals surface area contributed by atoms with Gasteiger partial charge in [-0.05, 0) is 81.7 Å². The van der Waals surface area contributed by atoms with E-state index < -0.39 is 35.7 Å². The number of ketones is 1. The van der Waals surface area contributed by atoms with Gasteiger partial charge in [-0.1, -0.05) is 19.3 Å². The molecule has 4 aliphatic rings. The number of fused-ring (bicyclic) bond motifs is 1. The molecule has 0 radical (unpaired) electrons. The van der Waals surface area contributed by atoms with Gasteiger partial charge in [0.05, 0.1) is 17.3 Å². The van der Waals surface area contributed by atoms with Crippen molar-refractivity contribution in [1.82, 2.24) is 30.5 Å². The van der Waals surface area contributed by atoms with Crippen molar-refractivity contribution in [2.75, 3.05) is 5.32 Å². The normalized spacial score (nSPS) is 22.3. The molecule has 2 bridgehead atoms. The van der Waals surface area contributed by atoms with Gasteiger partial charge in [0.1, 0.15) is 18.5 Å². The monoisotopic (exact) mass is 645 g/mol. The third kappa shape index (κ3) is 7.53. The fraction of sp³-hybridized carbons (Fsp3) is 0.529. The molecule has 3 aromatic rings. The van der Waals surface area contributed by atoms with Crippen LogP contribution in [0.2, 0.25) is 0 Å². The van der Waals surface area contributed by atoms with Crippen LogP contribution in [0.5, 0.6) is 0 Å². The maximum atomic E-state index is 13.5. The van der Waals surface area contributed by atoms with Gasteiger partial charge in [0.2, 0.25) is 5.91 Å². The third-order valence-corrected chi connectivity index (χ3v) is 9.81. The summed E-state index contributed by atoms with van der Waals surface area (Å²) in [5.74, 6) is -0.545. The van der Waals surface area contributed by atoms with Crippen molar-refractivity contribution >= 4 is 34.3 Å². The number of carbonyl (C=O) groups excluding carboxylic acids is 3. The van der Waals surface area contributed by atoms with Crippen LogP contribution in [0.25, 0.3) is 11.0 Å². The van der Waals surface area contributed by atoms with Gasteiger partial charge in [-0.2, -0.15) is 0 Å². The summed E-state index contributed by atoms with van der Waals surface area (Å²) >= 11 is 0. The standard InChI is InChI=1S/C34H43N7O6/c1-20-24(15-22-7-5-13-35-29(22)36-20)30(44)38-25(11-12-27(42)32(46)37-23-8-3-2-4-9-23)31(45)39-26-10-6-14-41(33(26)47)19-28(43)40-34-16-21(17-34)18-34/h5-7,10,13-15,21,23,25,31-32,37,39,45-46H,2-4,8-9,11-12,16-19H2,1H3,(H,38,44)(H,40,43)/t21?,25-,31?,32?,34?/m0/s1. The van der Waals surface area contributed by atoms with Crippen molar-refractivity contribution in [1.29, 1.82) is 0 Å². The summed E-state index contributed by atoms with van der Waals surface area (Å²) in [5, 5.41) is 34.2. The molecule has 13 nitrogen and oxygen atoms in total. The van der Waals surface area contributed by atoms with Crippen LogP contribution >= 0.6 is 0 Å². The average Bonchev–Trinajstić information content (AvgIpc) is 3.02. The van der Waals surface area contributed by atoms with Crippen LogP contribution < -0.4 is 26.8 Å². The highest BCUT2D eigenvalue weighted by molar-refractivity contribution is 5.98. The van der Waals surface area contributed by atoms with Gasteiger partial charge < -0.3 is 30.7 Å². The number of rotatable bonds is 14. The first kappa shape index (κ1) is 32.7. The molecule has 2 amide bonds. The fourth-order valence-electron chi connectivity index (χ4n) is 7.05. The van der Waals surface area contributed by atoms with E-state index in [1.165, 1.54) is 16.8 Å².